The smallest absolute Gasteiger partial charge is 0.0931 e. The van der Waals surface area contributed by atoms with Gasteiger partial charge in [-0.2, -0.15) is 0 Å². The first-order chi connectivity index (χ1) is 6.52. The van der Waals surface area contributed by atoms with Gasteiger partial charge >= 0.3 is 0 Å². The van der Waals surface area contributed by atoms with Crippen molar-refractivity contribution in [1.29, 1.82) is 0 Å². The molecule has 14 heavy (non-hydrogen) atoms. The minimum atomic E-state index is -0.329. The molecular weight excluding hydrogens is 176 g/mol. The molecule has 0 fully saturated rings. The summed E-state index contributed by atoms with van der Waals surface area (Å²) < 4.78 is 5.48. The van der Waals surface area contributed by atoms with Crippen LogP contribution in [0.4, 0.5) is 0 Å². The summed E-state index contributed by atoms with van der Waals surface area (Å²) in [6.45, 7) is 8.51. The summed E-state index contributed by atoms with van der Waals surface area (Å²) in [6, 6.07) is 0. The predicted molar refractivity (Wildman–Crippen MR) is 60.4 cm³/mol. The number of hydrogen-bond acceptors (Lipinski definition) is 2. The summed E-state index contributed by atoms with van der Waals surface area (Å²) in [5.74, 6) is 0.646. The van der Waals surface area contributed by atoms with Crippen molar-refractivity contribution in [2.24, 2.45) is 5.92 Å². The highest BCUT2D eigenvalue weighted by Crippen LogP contribution is 2.27. The lowest BCUT2D eigenvalue weighted by Gasteiger charge is -2.35. The Labute approximate surface area is 88.7 Å². The maximum atomic E-state index is 10.1. The lowest BCUT2D eigenvalue weighted by atomic mass is 9.86. The van der Waals surface area contributed by atoms with Crippen LogP contribution in [0.25, 0.3) is 0 Å². The third kappa shape index (κ3) is 3.58. The number of aliphatic hydroxyl groups excluding tert-OH is 1. The minimum Gasteiger partial charge on any atom is -0.390 e. The van der Waals surface area contributed by atoms with Gasteiger partial charge in [0.05, 0.1) is 11.7 Å². The molecule has 2 nitrogen and oxygen atoms in total. The Morgan fingerprint density at radius 2 is 1.64 bits per heavy atom. The molecule has 0 aliphatic carbocycles. The second-order valence-corrected chi connectivity index (χ2v) is 4.46. The van der Waals surface area contributed by atoms with Crippen LogP contribution in [0.5, 0.6) is 0 Å². The van der Waals surface area contributed by atoms with Gasteiger partial charge in [-0.15, -0.1) is 0 Å². The van der Waals surface area contributed by atoms with Gasteiger partial charge in [0.15, 0.2) is 0 Å². The molecule has 1 N–H and O–H groups in total. The van der Waals surface area contributed by atoms with Crippen LogP contribution < -0.4 is 0 Å². The summed E-state index contributed by atoms with van der Waals surface area (Å²) in [7, 11) is 1.70. The molecule has 0 spiro atoms. The normalized spacial score (nSPS) is 14.8. The zero-order valence-electron chi connectivity index (χ0n) is 10.3. The average molecular weight is 202 g/mol. The molecule has 86 valence electrons. The van der Waals surface area contributed by atoms with Crippen LogP contribution in [0.1, 0.15) is 53.4 Å². The number of ether oxygens (including phenoxy) is 1. The number of aliphatic hydroxyl groups is 1. The highest BCUT2D eigenvalue weighted by Gasteiger charge is 2.33. The van der Waals surface area contributed by atoms with E-state index in [-0.39, 0.29) is 11.7 Å². The van der Waals surface area contributed by atoms with Crippen LogP contribution in [-0.2, 0) is 4.74 Å². The van der Waals surface area contributed by atoms with Crippen molar-refractivity contribution in [3.63, 3.8) is 0 Å². The fourth-order valence-electron chi connectivity index (χ4n) is 1.90. The van der Waals surface area contributed by atoms with Crippen LogP contribution >= 0.6 is 0 Å². The van der Waals surface area contributed by atoms with Gasteiger partial charge in [-0.25, -0.2) is 0 Å². The van der Waals surface area contributed by atoms with E-state index in [9.17, 15) is 5.11 Å². The zero-order chi connectivity index (χ0) is 11.2. The standard InChI is InChI=1S/C12H26O2/c1-6-12(7-2,14-5)11(13)9-8-10(3)4/h10-11,13H,6-9H2,1-5H3. The summed E-state index contributed by atoms with van der Waals surface area (Å²) in [5, 5.41) is 10.1. The van der Waals surface area contributed by atoms with Crippen molar-refractivity contribution in [1.82, 2.24) is 0 Å². The molecule has 2 heteroatoms. The predicted octanol–water partition coefficient (Wildman–Crippen LogP) is 2.99. The number of hydrogen-bond donors (Lipinski definition) is 1. The first kappa shape index (κ1) is 13.9. The molecule has 0 saturated carbocycles. The Morgan fingerprint density at radius 3 is 1.93 bits per heavy atom. The van der Waals surface area contributed by atoms with Crippen LogP contribution in [0.3, 0.4) is 0 Å². The Bertz CT molecular complexity index is 131. The molecule has 0 rings (SSSR count). The summed E-state index contributed by atoms with van der Waals surface area (Å²) in [5.41, 5.74) is -0.325. The fraction of sp³-hybridized carbons (Fsp3) is 1.00. The van der Waals surface area contributed by atoms with Crippen molar-refractivity contribution in [2.45, 2.75) is 65.1 Å². The van der Waals surface area contributed by atoms with Gasteiger partial charge in [0, 0.05) is 7.11 Å². The average Bonchev–Trinajstić information content (AvgIpc) is 2.18. The van der Waals surface area contributed by atoms with E-state index in [4.69, 9.17) is 4.74 Å². The van der Waals surface area contributed by atoms with E-state index in [0.29, 0.717) is 5.92 Å². The van der Waals surface area contributed by atoms with Crippen molar-refractivity contribution >= 4 is 0 Å². The van der Waals surface area contributed by atoms with Crippen LogP contribution in [0.15, 0.2) is 0 Å². The SMILES string of the molecule is CCC(CC)(OC)C(O)CCC(C)C. The molecule has 0 heterocycles. The Balaban J connectivity index is 4.21. The van der Waals surface area contributed by atoms with Gasteiger partial charge in [0.2, 0.25) is 0 Å². The molecule has 0 saturated heterocycles. The van der Waals surface area contributed by atoms with E-state index in [1.165, 1.54) is 0 Å². The topological polar surface area (TPSA) is 29.5 Å². The third-order valence-corrected chi connectivity index (χ3v) is 3.23. The summed E-state index contributed by atoms with van der Waals surface area (Å²) in [4.78, 5) is 0. The van der Waals surface area contributed by atoms with E-state index in [0.717, 1.165) is 25.7 Å². The largest absolute Gasteiger partial charge is 0.390 e. The quantitative estimate of drug-likeness (QED) is 0.687. The maximum Gasteiger partial charge on any atom is 0.0931 e. The van der Waals surface area contributed by atoms with Crippen molar-refractivity contribution in [3.8, 4) is 0 Å². The molecule has 0 radical (unpaired) electrons. The lowest BCUT2D eigenvalue weighted by Crippen LogP contribution is -2.43. The molecule has 0 aromatic rings. The Kier molecular flexibility index (Phi) is 6.38. The van der Waals surface area contributed by atoms with Gasteiger partial charge in [0.25, 0.3) is 0 Å². The molecule has 0 amide bonds. The van der Waals surface area contributed by atoms with E-state index >= 15 is 0 Å². The van der Waals surface area contributed by atoms with E-state index in [1.807, 2.05) is 0 Å². The van der Waals surface area contributed by atoms with Gasteiger partial charge in [-0.3, -0.25) is 0 Å². The molecule has 1 unspecified atom stereocenters. The second-order valence-electron chi connectivity index (χ2n) is 4.46. The molecule has 0 aromatic heterocycles. The molecular formula is C12H26O2. The zero-order valence-corrected chi connectivity index (χ0v) is 10.3. The van der Waals surface area contributed by atoms with Crippen molar-refractivity contribution < 1.29 is 9.84 Å². The minimum absolute atomic E-state index is 0.325. The van der Waals surface area contributed by atoms with Gasteiger partial charge in [0.1, 0.15) is 0 Å². The maximum absolute atomic E-state index is 10.1. The molecule has 0 bridgehead atoms. The van der Waals surface area contributed by atoms with Gasteiger partial charge < -0.3 is 9.84 Å². The third-order valence-electron chi connectivity index (χ3n) is 3.23. The van der Waals surface area contributed by atoms with Crippen LogP contribution in [0, 0.1) is 5.92 Å². The van der Waals surface area contributed by atoms with Crippen molar-refractivity contribution in [3.05, 3.63) is 0 Å². The molecule has 0 aliphatic heterocycles. The highest BCUT2D eigenvalue weighted by molar-refractivity contribution is 4.85. The Morgan fingerprint density at radius 1 is 1.14 bits per heavy atom. The Hall–Kier alpha value is -0.0800. The molecule has 0 aromatic carbocycles. The highest BCUT2D eigenvalue weighted by atomic mass is 16.5. The van der Waals surface area contributed by atoms with Crippen LogP contribution in [-0.4, -0.2) is 23.9 Å². The van der Waals surface area contributed by atoms with E-state index < -0.39 is 0 Å². The number of rotatable bonds is 7. The molecule has 1 atom stereocenters. The lowest BCUT2D eigenvalue weighted by molar-refractivity contribution is -0.111. The van der Waals surface area contributed by atoms with Gasteiger partial charge in [-0.05, 0) is 31.6 Å². The van der Waals surface area contributed by atoms with Gasteiger partial charge in [-0.1, -0.05) is 27.7 Å². The summed E-state index contributed by atoms with van der Waals surface area (Å²) >= 11 is 0. The monoisotopic (exact) mass is 202 g/mol. The van der Waals surface area contributed by atoms with E-state index in [1.54, 1.807) is 7.11 Å². The fourth-order valence-corrected chi connectivity index (χ4v) is 1.90. The van der Waals surface area contributed by atoms with Crippen molar-refractivity contribution in [2.75, 3.05) is 7.11 Å². The first-order valence-corrected chi connectivity index (χ1v) is 5.75. The first-order valence-electron chi connectivity index (χ1n) is 5.75. The second kappa shape index (κ2) is 6.41. The van der Waals surface area contributed by atoms with E-state index in [2.05, 4.69) is 27.7 Å². The number of methoxy groups -OCH3 is 1. The molecule has 0 aliphatic rings. The summed E-state index contributed by atoms with van der Waals surface area (Å²) in [6.07, 6.45) is 3.32. The van der Waals surface area contributed by atoms with Crippen LogP contribution in [0.2, 0.25) is 0 Å².